The summed E-state index contributed by atoms with van der Waals surface area (Å²) in [4.78, 5) is 0. The molecule has 2 rings (SSSR count). The summed E-state index contributed by atoms with van der Waals surface area (Å²) in [7, 11) is 0. The number of alkyl halides is 2. The van der Waals surface area contributed by atoms with Crippen molar-refractivity contribution in [3.8, 4) is 0 Å². The zero-order valence-corrected chi connectivity index (χ0v) is 7.48. The van der Waals surface area contributed by atoms with Gasteiger partial charge < -0.3 is 0 Å². The fourth-order valence-corrected chi connectivity index (χ4v) is 3.91. The molecule has 2 nitrogen and oxygen atoms in total. The molecule has 3 heteroatoms. The van der Waals surface area contributed by atoms with Gasteiger partial charge in [0.15, 0.2) is 0 Å². The van der Waals surface area contributed by atoms with E-state index in [-0.39, 0.29) is 0 Å². The Labute approximate surface area is 65.6 Å². The minimum atomic E-state index is 0.339. The molecule has 0 bridgehead atoms. The first-order valence-electron chi connectivity index (χ1n) is 3.30. The fraction of sp³-hybridized carbons (Fsp3) is 1.00. The molecule has 0 aliphatic carbocycles. The average molecular weight is 240 g/mol. The maximum atomic E-state index is 5.67. The van der Waals surface area contributed by atoms with Gasteiger partial charge >= 0.3 is 65.4 Å². The van der Waals surface area contributed by atoms with E-state index in [9.17, 15) is 0 Å². The molecule has 2 heterocycles. The van der Waals surface area contributed by atoms with Gasteiger partial charge in [-0.1, -0.05) is 0 Å². The number of morpholine rings is 1. The summed E-state index contributed by atoms with van der Waals surface area (Å²) in [5.74, 6) is 0. The molecule has 0 aromatic rings. The zero-order chi connectivity index (χ0) is 6.16. The molecule has 1 spiro atoms. The van der Waals surface area contributed by atoms with Crippen LogP contribution in [0.3, 0.4) is 0 Å². The summed E-state index contributed by atoms with van der Waals surface area (Å²) < 4.78 is 8.44. The molecular formula is C6H11INO-. The van der Waals surface area contributed by atoms with Gasteiger partial charge in [-0.05, 0) is 0 Å². The third-order valence-electron chi connectivity index (χ3n) is 1.81. The van der Waals surface area contributed by atoms with E-state index in [1.54, 1.807) is 0 Å². The molecule has 54 valence electrons. The summed E-state index contributed by atoms with van der Waals surface area (Å²) in [6.07, 6.45) is 0. The van der Waals surface area contributed by atoms with Crippen molar-refractivity contribution in [3.05, 3.63) is 0 Å². The van der Waals surface area contributed by atoms with E-state index >= 15 is 0 Å². The average Bonchev–Trinajstić information content (AvgIpc) is 1.87. The molecule has 0 radical (unpaired) electrons. The monoisotopic (exact) mass is 240 g/mol. The Hall–Kier alpha value is 0.650. The van der Waals surface area contributed by atoms with E-state index in [0.29, 0.717) is 26.8 Å². The van der Waals surface area contributed by atoms with Crippen molar-refractivity contribution < 1.29 is 25.9 Å². The van der Waals surface area contributed by atoms with Gasteiger partial charge in [-0.25, -0.2) is 0 Å². The summed E-state index contributed by atoms with van der Waals surface area (Å²) in [5.41, 5.74) is 0.339. The van der Waals surface area contributed by atoms with Crippen molar-refractivity contribution in [2.75, 3.05) is 28.6 Å². The Morgan fingerprint density at radius 3 is 2.67 bits per heavy atom. The molecule has 0 unspecified atom stereocenters. The van der Waals surface area contributed by atoms with Crippen molar-refractivity contribution in [3.63, 3.8) is 0 Å². The Morgan fingerprint density at radius 1 is 1.44 bits per heavy atom. The zero-order valence-electron chi connectivity index (χ0n) is 5.32. The van der Waals surface area contributed by atoms with Crippen LogP contribution in [0.25, 0.3) is 0 Å². The normalized spacial score (nSPS) is 32.9. The molecule has 0 saturated carbocycles. The van der Waals surface area contributed by atoms with Crippen molar-refractivity contribution in [2.45, 2.75) is 5.60 Å². The molecule has 2 fully saturated rings. The first kappa shape index (κ1) is 6.37. The van der Waals surface area contributed by atoms with E-state index in [0.717, 1.165) is 19.7 Å². The van der Waals surface area contributed by atoms with Gasteiger partial charge in [0.2, 0.25) is 0 Å². The molecule has 0 aromatic heterocycles. The SMILES string of the molecule is C1COC2(CN1)C[I-]C2. The maximum absolute atomic E-state index is 5.67. The molecule has 0 aromatic carbocycles. The van der Waals surface area contributed by atoms with Crippen LogP contribution in [0.1, 0.15) is 0 Å². The Kier molecular flexibility index (Phi) is 1.67. The van der Waals surface area contributed by atoms with Crippen LogP contribution in [-0.4, -0.2) is 34.2 Å². The summed E-state index contributed by atoms with van der Waals surface area (Å²) >= 11 is 0.551. The Bertz CT molecular complexity index is 106. The van der Waals surface area contributed by atoms with Crippen LogP contribution in [0.4, 0.5) is 0 Å². The van der Waals surface area contributed by atoms with Crippen molar-refractivity contribution in [2.24, 2.45) is 0 Å². The molecule has 2 aliphatic rings. The Balaban J connectivity index is 1.93. The van der Waals surface area contributed by atoms with Gasteiger partial charge in [0, 0.05) is 0 Å². The second kappa shape index (κ2) is 2.36. The molecular weight excluding hydrogens is 229 g/mol. The number of nitrogens with one attached hydrogen (secondary N) is 1. The van der Waals surface area contributed by atoms with Crippen LogP contribution < -0.4 is 26.5 Å². The number of ether oxygens (including phenoxy) is 1. The quantitative estimate of drug-likeness (QED) is 0.349. The molecule has 1 N–H and O–H groups in total. The molecule has 0 atom stereocenters. The van der Waals surface area contributed by atoms with E-state index < -0.39 is 0 Å². The fourth-order valence-electron chi connectivity index (χ4n) is 1.18. The van der Waals surface area contributed by atoms with E-state index in [1.165, 1.54) is 8.86 Å². The first-order chi connectivity index (χ1) is 4.41. The first-order valence-corrected chi connectivity index (χ1v) is 6.35. The van der Waals surface area contributed by atoms with Crippen molar-refractivity contribution in [1.82, 2.24) is 5.32 Å². The van der Waals surface area contributed by atoms with Crippen LogP contribution in [0.5, 0.6) is 0 Å². The summed E-state index contributed by atoms with van der Waals surface area (Å²) in [5, 5.41) is 3.37. The van der Waals surface area contributed by atoms with Crippen LogP contribution in [-0.2, 0) is 4.74 Å². The second-order valence-electron chi connectivity index (χ2n) is 2.66. The third-order valence-corrected chi connectivity index (χ3v) is 5.67. The van der Waals surface area contributed by atoms with Crippen molar-refractivity contribution in [1.29, 1.82) is 0 Å². The van der Waals surface area contributed by atoms with Gasteiger partial charge in [0.25, 0.3) is 0 Å². The van der Waals surface area contributed by atoms with E-state index in [1.807, 2.05) is 0 Å². The topological polar surface area (TPSA) is 21.3 Å². The van der Waals surface area contributed by atoms with E-state index in [2.05, 4.69) is 5.32 Å². The summed E-state index contributed by atoms with van der Waals surface area (Å²) in [6.45, 7) is 3.11. The van der Waals surface area contributed by atoms with Crippen LogP contribution in [0, 0.1) is 0 Å². The standard InChI is InChI=1S/C6H11INO/c1-2-9-6(5-8-1)3-7-4-6/h8H,1-5H2/q-1. The van der Waals surface area contributed by atoms with Crippen LogP contribution >= 0.6 is 0 Å². The number of hydrogen-bond donors (Lipinski definition) is 1. The number of rotatable bonds is 0. The third kappa shape index (κ3) is 1.10. The predicted octanol–water partition coefficient (Wildman–Crippen LogP) is -3.55. The molecule has 9 heavy (non-hydrogen) atoms. The van der Waals surface area contributed by atoms with Gasteiger partial charge in [-0.2, -0.15) is 0 Å². The Morgan fingerprint density at radius 2 is 2.33 bits per heavy atom. The van der Waals surface area contributed by atoms with Crippen LogP contribution in [0.2, 0.25) is 0 Å². The molecule has 2 saturated heterocycles. The van der Waals surface area contributed by atoms with Gasteiger partial charge in [-0.3, -0.25) is 0 Å². The number of halogens is 1. The predicted molar refractivity (Wildman–Crippen MR) is 31.3 cm³/mol. The second-order valence-corrected chi connectivity index (χ2v) is 5.27. The number of hydrogen-bond acceptors (Lipinski definition) is 2. The van der Waals surface area contributed by atoms with Crippen LogP contribution in [0.15, 0.2) is 0 Å². The molecule has 0 amide bonds. The van der Waals surface area contributed by atoms with Crippen molar-refractivity contribution >= 4 is 0 Å². The molecule has 2 aliphatic heterocycles. The van der Waals surface area contributed by atoms with E-state index in [4.69, 9.17) is 4.74 Å². The van der Waals surface area contributed by atoms with Gasteiger partial charge in [0.05, 0.1) is 0 Å². The van der Waals surface area contributed by atoms with Gasteiger partial charge in [-0.15, -0.1) is 0 Å². The summed E-state index contributed by atoms with van der Waals surface area (Å²) in [6, 6.07) is 0. The van der Waals surface area contributed by atoms with Gasteiger partial charge in [0.1, 0.15) is 0 Å². The minimum absolute atomic E-state index is 0.339.